The van der Waals surface area contributed by atoms with Crippen molar-refractivity contribution in [3.8, 4) is 0 Å². The maximum atomic E-state index is 5.77. The van der Waals surface area contributed by atoms with E-state index in [0.29, 0.717) is 5.92 Å². The monoisotopic (exact) mass is 169 g/mol. The zero-order valence-electron chi connectivity index (χ0n) is 7.04. The molecular weight excluding hydrogens is 154 g/mol. The van der Waals surface area contributed by atoms with E-state index in [1.165, 1.54) is 5.57 Å². The van der Waals surface area contributed by atoms with Crippen LogP contribution in [0.5, 0.6) is 0 Å². The van der Waals surface area contributed by atoms with Crippen molar-refractivity contribution in [2.24, 2.45) is 11.7 Å². The Bertz CT molecular complexity index is 206. The first-order valence-electron chi connectivity index (χ1n) is 3.92. The summed E-state index contributed by atoms with van der Waals surface area (Å²) >= 11 is 4.43. The van der Waals surface area contributed by atoms with E-state index in [1.54, 1.807) is 0 Å². The topological polar surface area (TPSA) is 26.0 Å². The number of thiol groups is 1. The third-order valence-corrected chi connectivity index (χ3v) is 2.89. The van der Waals surface area contributed by atoms with Crippen molar-refractivity contribution in [1.29, 1.82) is 0 Å². The SMILES string of the molecule is CC1=CC=C(N)C(S)[C@@H](C)C1. The van der Waals surface area contributed by atoms with Crippen molar-refractivity contribution >= 4 is 12.6 Å². The van der Waals surface area contributed by atoms with E-state index in [0.717, 1.165) is 12.1 Å². The van der Waals surface area contributed by atoms with E-state index >= 15 is 0 Å². The predicted molar refractivity (Wildman–Crippen MR) is 52.6 cm³/mol. The number of allylic oxidation sites excluding steroid dienone is 3. The molecule has 0 aromatic heterocycles. The summed E-state index contributed by atoms with van der Waals surface area (Å²) in [7, 11) is 0. The Morgan fingerprint density at radius 3 is 2.82 bits per heavy atom. The summed E-state index contributed by atoms with van der Waals surface area (Å²) in [5, 5.41) is 0.226. The molecule has 1 unspecified atom stereocenters. The van der Waals surface area contributed by atoms with Gasteiger partial charge < -0.3 is 5.73 Å². The quantitative estimate of drug-likeness (QED) is 0.534. The maximum Gasteiger partial charge on any atom is 0.0441 e. The molecule has 2 N–H and O–H groups in total. The van der Waals surface area contributed by atoms with Crippen molar-refractivity contribution < 1.29 is 0 Å². The average Bonchev–Trinajstić information content (AvgIpc) is 2.05. The first-order chi connectivity index (χ1) is 5.11. The Morgan fingerprint density at radius 1 is 1.55 bits per heavy atom. The van der Waals surface area contributed by atoms with Crippen LogP contribution in [0.3, 0.4) is 0 Å². The number of nitrogens with two attached hydrogens (primary N) is 1. The van der Waals surface area contributed by atoms with E-state index in [-0.39, 0.29) is 5.25 Å². The molecule has 11 heavy (non-hydrogen) atoms. The third kappa shape index (κ3) is 2.03. The lowest BCUT2D eigenvalue weighted by Gasteiger charge is -2.17. The fourth-order valence-corrected chi connectivity index (χ4v) is 1.54. The highest BCUT2D eigenvalue weighted by Gasteiger charge is 2.17. The highest BCUT2D eigenvalue weighted by molar-refractivity contribution is 7.81. The van der Waals surface area contributed by atoms with Crippen molar-refractivity contribution in [3.63, 3.8) is 0 Å². The Morgan fingerprint density at radius 2 is 2.18 bits per heavy atom. The summed E-state index contributed by atoms with van der Waals surface area (Å²) in [6, 6.07) is 0. The standard InChI is InChI=1S/C9H15NS/c1-6-3-4-8(10)9(11)7(2)5-6/h3-4,7,9,11H,5,10H2,1-2H3/t7-,9?/m0/s1. The van der Waals surface area contributed by atoms with E-state index in [9.17, 15) is 0 Å². The van der Waals surface area contributed by atoms with Crippen LogP contribution >= 0.6 is 12.6 Å². The lowest BCUT2D eigenvalue weighted by molar-refractivity contribution is 0.588. The van der Waals surface area contributed by atoms with Gasteiger partial charge in [0.1, 0.15) is 0 Å². The Labute approximate surface area is 73.8 Å². The number of rotatable bonds is 0. The molecule has 1 nitrogen and oxygen atoms in total. The Hall–Kier alpha value is -0.370. The number of hydrogen-bond acceptors (Lipinski definition) is 2. The van der Waals surface area contributed by atoms with Crippen molar-refractivity contribution in [1.82, 2.24) is 0 Å². The zero-order valence-corrected chi connectivity index (χ0v) is 7.94. The normalized spacial score (nSPS) is 32.3. The maximum absolute atomic E-state index is 5.77. The van der Waals surface area contributed by atoms with Crippen LogP contribution in [0.15, 0.2) is 23.4 Å². The van der Waals surface area contributed by atoms with Gasteiger partial charge in [-0.1, -0.05) is 18.6 Å². The fourth-order valence-electron chi connectivity index (χ4n) is 1.35. The largest absolute Gasteiger partial charge is 0.401 e. The lowest BCUT2D eigenvalue weighted by Crippen LogP contribution is -2.18. The minimum atomic E-state index is 0.226. The van der Waals surface area contributed by atoms with Crippen LogP contribution in [0.25, 0.3) is 0 Å². The highest BCUT2D eigenvalue weighted by atomic mass is 32.1. The molecule has 2 atom stereocenters. The summed E-state index contributed by atoms with van der Waals surface area (Å²) in [6.07, 6.45) is 5.16. The van der Waals surface area contributed by atoms with Gasteiger partial charge in [0.2, 0.25) is 0 Å². The molecule has 0 aromatic rings. The molecule has 1 aliphatic rings. The van der Waals surface area contributed by atoms with Crippen LogP contribution in [-0.4, -0.2) is 5.25 Å². The second kappa shape index (κ2) is 3.35. The third-order valence-electron chi connectivity index (χ3n) is 2.08. The van der Waals surface area contributed by atoms with Crippen LogP contribution in [-0.2, 0) is 0 Å². The summed E-state index contributed by atoms with van der Waals surface area (Å²) in [6.45, 7) is 4.31. The molecule has 0 saturated heterocycles. The van der Waals surface area contributed by atoms with Crippen LogP contribution in [0, 0.1) is 5.92 Å². The second-order valence-corrected chi connectivity index (χ2v) is 3.86. The van der Waals surface area contributed by atoms with Crippen molar-refractivity contribution in [2.75, 3.05) is 0 Å². The van der Waals surface area contributed by atoms with Gasteiger partial charge >= 0.3 is 0 Å². The van der Waals surface area contributed by atoms with E-state index < -0.39 is 0 Å². The Balaban J connectivity index is 2.82. The molecule has 0 aliphatic heterocycles. The van der Waals surface area contributed by atoms with Gasteiger partial charge in [0.05, 0.1) is 0 Å². The molecule has 0 fully saturated rings. The van der Waals surface area contributed by atoms with Crippen LogP contribution < -0.4 is 5.73 Å². The first kappa shape index (κ1) is 8.72. The highest BCUT2D eigenvalue weighted by Crippen LogP contribution is 2.25. The van der Waals surface area contributed by atoms with Gasteiger partial charge in [-0.2, -0.15) is 12.6 Å². The molecule has 0 bridgehead atoms. The van der Waals surface area contributed by atoms with Crippen LogP contribution in [0.1, 0.15) is 20.3 Å². The summed E-state index contributed by atoms with van der Waals surface area (Å²) < 4.78 is 0. The molecule has 2 heteroatoms. The van der Waals surface area contributed by atoms with Crippen LogP contribution in [0.4, 0.5) is 0 Å². The van der Waals surface area contributed by atoms with Gasteiger partial charge in [-0.25, -0.2) is 0 Å². The molecule has 1 aliphatic carbocycles. The van der Waals surface area contributed by atoms with Gasteiger partial charge in [0.25, 0.3) is 0 Å². The average molecular weight is 169 g/mol. The van der Waals surface area contributed by atoms with Gasteiger partial charge in [-0.3, -0.25) is 0 Å². The van der Waals surface area contributed by atoms with E-state index in [4.69, 9.17) is 5.73 Å². The van der Waals surface area contributed by atoms with Gasteiger partial charge in [0, 0.05) is 10.9 Å². The van der Waals surface area contributed by atoms with Crippen LogP contribution in [0.2, 0.25) is 0 Å². The molecule has 0 aromatic carbocycles. The smallest absolute Gasteiger partial charge is 0.0441 e. The van der Waals surface area contributed by atoms with Gasteiger partial charge in [-0.15, -0.1) is 0 Å². The second-order valence-electron chi connectivity index (χ2n) is 3.31. The molecule has 0 spiro atoms. The molecule has 0 saturated carbocycles. The molecule has 62 valence electrons. The fraction of sp³-hybridized carbons (Fsp3) is 0.556. The number of hydrogen-bond donors (Lipinski definition) is 2. The zero-order chi connectivity index (χ0) is 8.43. The summed E-state index contributed by atoms with van der Waals surface area (Å²) in [5.41, 5.74) is 8.04. The van der Waals surface area contributed by atoms with E-state index in [1.807, 2.05) is 6.08 Å². The van der Waals surface area contributed by atoms with Crippen molar-refractivity contribution in [2.45, 2.75) is 25.5 Å². The predicted octanol–water partition coefficient (Wildman–Crippen LogP) is 2.11. The first-order valence-corrected chi connectivity index (χ1v) is 4.44. The lowest BCUT2D eigenvalue weighted by atomic mass is 9.99. The Kier molecular flexibility index (Phi) is 2.66. The molecular formula is C9H15NS. The summed E-state index contributed by atoms with van der Waals surface area (Å²) in [5.74, 6) is 0.549. The van der Waals surface area contributed by atoms with Crippen molar-refractivity contribution in [3.05, 3.63) is 23.4 Å². The minimum Gasteiger partial charge on any atom is -0.401 e. The molecule has 0 amide bonds. The minimum absolute atomic E-state index is 0.226. The summed E-state index contributed by atoms with van der Waals surface area (Å²) in [4.78, 5) is 0. The van der Waals surface area contributed by atoms with Gasteiger partial charge in [0.15, 0.2) is 0 Å². The van der Waals surface area contributed by atoms with Gasteiger partial charge in [-0.05, 0) is 25.3 Å². The molecule has 1 rings (SSSR count). The van der Waals surface area contributed by atoms with E-state index in [2.05, 4.69) is 32.6 Å². The molecule has 0 radical (unpaired) electrons. The molecule has 0 heterocycles.